The van der Waals surface area contributed by atoms with Gasteiger partial charge in [0, 0.05) is 6.54 Å². The maximum Gasteiger partial charge on any atom is 0.356 e. The number of aryl methyl sites for hydroxylation is 1. The summed E-state index contributed by atoms with van der Waals surface area (Å²) < 4.78 is 0. The van der Waals surface area contributed by atoms with Gasteiger partial charge < -0.3 is 10.0 Å². The SMILES string of the molecule is Cc1ccc(C2CCCN2C(=O)c2cnc(C(=O)O)cn2)cc1. The molecular formula is C17H17N3O3. The van der Waals surface area contributed by atoms with Crippen molar-refractivity contribution in [1.82, 2.24) is 14.9 Å². The van der Waals surface area contributed by atoms with Gasteiger partial charge in [0.1, 0.15) is 5.69 Å². The predicted molar refractivity (Wildman–Crippen MR) is 83.2 cm³/mol. The molecule has 1 amide bonds. The first-order chi connectivity index (χ1) is 11.1. The van der Waals surface area contributed by atoms with Crippen LogP contribution in [0, 0.1) is 6.92 Å². The fourth-order valence-corrected chi connectivity index (χ4v) is 2.84. The standard InChI is InChI=1S/C17H17N3O3/c1-11-4-6-12(7-5-11)15-3-2-8-20(15)16(21)13-9-19-14(10-18-13)17(22)23/h4-7,9-10,15H,2-3,8H2,1H3,(H,22,23). The third-order valence-corrected chi connectivity index (χ3v) is 4.07. The number of carboxylic acids is 1. The zero-order valence-corrected chi connectivity index (χ0v) is 12.8. The van der Waals surface area contributed by atoms with Crippen molar-refractivity contribution < 1.29 is 14.7 Å². The molecule has 0 aliphatic carbocycles. The monoisotopic (exact) mass is 311 g/mol. The maximum absolute atomic E-state index is 12.7. The smallest absolute Gasteiger partial charge is 0.356 e. The van der Waals surface area contributed by atoms with Crippen LogP contribution in [0.5, 0.6) is 0 Å². The van der Waals surface area contributed by atoms with Gasteiger partial charge in [-0.3, -0.25) is 4.79 Å². The third-order valence-electron chi connectivity index (χ3n) is 4.07. The number of rotatable bonds is 3. The van der Waals surface area contributed by atoms with Crippen molar-refractivity contribution >= 4 is 11.9 Å². The van der Waals surface area contributed by atoms with Crippen molar-refractivity contribution in [3.05, 3.63) is 59.2 Å². The minimum atomic E-state index is -1.16. The van der Waals surface area contributed by atoms with E-state index in [2.05, 4.69) is 9.97 Å². The van der Waals surface area contributed by atoms with E-state index in [-0.39, 0.29) is 23.3 Å². The Balaban J connectivity index is 1.82. The van der Waals surface area contributed by atoms with E-state index in [9.17, 15) is 9.59 Å². The van der Waals surface area contributed by atoms with Crippen LogP contribution in [-0.2, 0) is 0 Å². The molecule has 1 aliphatic heterocycles. The van der Waals surface area contributed by atoms with Gasteiger partial charge in [-0.15, -0.1) is 0 Å². The highest BCUT2D eigenvalue weighted by atomic mass is 16.4. The first kappa shape index (κ1) is 15.1. The van der Waals surface area contributed by atoms with Crippen molar-refractivity contribution in [2.75, 3.05) is 6.54 Å². The number of benzene rings is 1. The van der Waals surface area contributed by atoms with Crippen LogP contribution in [0.2, 0.25) is 0 Å². The van der Waals surface area contributed by atoms with E-state index in [0.29, 0.717) is 6.54 Å². The Hall–Kier alpha value is -2.76. The van der Waals surface area contributed by atoms with E-state index in [1.165, 1.54) is 11.8 Å². The molecule has 1 unspecified atom stereocenters. The van der Waals surface area contributed by atoms with E-state index >= 15 is 0 Å². The Morgan fingerprint density at radius 2 is 1.78 bits per heavy atom. The van der Waals surface area contributed by atoms with Crippen LogP contribution in [0.25, 0.3) is 0 Å². The van der Waals surface area contributed by atoms with Crippen LogP contribution < -0.4 is 0 Å². The fourth-order valence-electron chi connectivity index (χ4n) is 2.84. The number of carboxylic acid groups (broad SMARTS) is 1. The first-order valence-corrected chi connectivity index (χ1v) is 7.49. The molecule has 2 aromatic rings. The molecule has 0 bridgehead atoms. The normalized spacial score (nSPS) is 17.3. The average molecular weight is 311 g/mol. The summed E-state index contributed by atoms with van der Waals surface area (Å²) in [5.41, 5.74) is 2.29. The molecule has 1 atom stereocenters. The van der Waals surface area contributed by atoms with Crippen molar-refractivity contribution in [2.45, 2.75) is 25.8 Å². The molecule has 2 heterocycles. The highest BCUT2D eigenvalue weighted by molar-refractivity contribution is 5.93. The summed E-state index contributed by atoms with van der Waals surface area (Å²) >= 11 is 0. The van der Waals surface area contributed by atoms with Crippen LogP contribution >= 0.6 is 0 Å². The van der Waals surface area contributed by atoms with Crippen molar-refractivity contribution in [3.8, 4) is 0 Å². The lowest BCUT2D eigenvalue weighted by Gasteiger charge is -2.24. The number of amides is 1. The van der Waals surface area contributed by atoms with Gasteiger partial charge in [0.2, 0.25) is 0 Å². The van der Waals surface area contributed by atoms with E-state index < -0.39 is 5.97 Å². The number of hydrogen-bond acceptors (Lipinski definition) is 4. The zero-order chi connectivity index (χ0) is 16.4. The Morgan fingerprint density at radius 1 is 1.13 bits per heavy atom. The third kappa shape index (κ3) is 3.06. The summed E-state index contributed by atoms with van der Waals surface area (Å²) in [6.45, 7) is 2.70. The van der Waals surface area contributed by atoms with E-state index in [1.807, 2.05) is 31.2 Å². The minimum Gasteiger partial charge on any atom is -0.476 e. The highest BCUT2D eigenvalue weighted by Gasteiger charge is 2.31. The second-order valence-electron chi connectivity index (χ2n) is 5.66. The number of hydrogen-bond donors (Lipinski definition) is 1. The summed E-state index contributed by atoms with van der Waals surface area (Å²) in [6.07, 6.45) is 4.20. The topological polar surface area (TPSA) is 83.4 Å². The highest BCUT2D eigenvalue weighted by Crippen LogP contribution is 2.32. The van der Waals surface area contributed by atoms with Gasteiger partial charge in [0.15, 0.2) is 5.69 Å². The summed E-state index contributed by atoms with van der Waals surface area (Å²) in [6, 6.07) is 8.20. The van der Waals surface area contributed by atoms with E-state index in [4.69, 9.17) is 5.11 Å². The zero-order valence-electron chi connectivity index (χ0n) is 12.8. The van der Waals surface area contributed by atoms with Crippen LogP contribution in [0.15, 0.2) is 36.7 Å². The van der Waals surface area contributed by atoms with E-state index in [0.717, 1.165) is 24.6 Å². The van der Waals surface area contributed by atoms with Crippen LogP contribution in [0.3, 0.4) is 0 Å². The largest absolute Gasteiger partial charge is 0.476 e. The molecule has 3 rings (SSSR count). The quantitative estimate of drug-likeness (QED) is 0.941. The molecule has 1 aromatic carbocycles. The Labute approximate surface area is 133 Å². The molecule has 6 nitrogen and oxygen atoms in total. The van der Waals surface area contributed by atoms with Gasteiger partial charge in [0.25, 0.3) is 5.91 Å². The lowest BCUT2D eigenvalue weighted by molar-refractivity contribution is 0.0683. The molecule has 1 fully saturated rings. The number of aromatic carboxylic acids is 1. The van der Waals surface area contributed by atoms with Gasteiger partial charge in [-0.1, -0.05) is 29.8 Å². The molecule has 1 aliphatic rings. The van der Waals surface area contributed by atoms with E-state index in [1.54, 1.807) is 4.90 Å². The number of carbonyl (C=O) groups excluding carboxylic acids is 1. The molecule has 0 saturated carbocycles. The predicted octanol–water partition coefficient (Wildman–Crippen LogP) is 2.46. The first-order valence-electron chi connectivity index (χ1n) is 7.49. The van der Waals surface area contributed by atoms with Gasteiger partial charge in [-0.25, -0.2) is 14.8 Å². The average Bonchev–Trinajstić information content (AvgIpc) is 3.04. The van der Waals surface area contributed by atoms with Gasteiger partial charge in [-0.2, -0.15) is 0 Å². The van der Waals surface area contributed by atoms with Gasteiger partial charge >= 0.3 is 5.97 Å². The molecule has 1 saturated heterocycles. The molecular weight excluding hydrogens is 294 g/mol. The number of carbonyl (C=O) groups is 2. The second-order valence-corrected chi connectivity index (χ2v) is 5.66. The Kier molecular flexibility index (Phi) is 4.06. The fraction of sp³-hybridized carbons (Fsp3) is 0.294. The van der Waals surface area contributed by atoms with Gasteiger partial charge in [0.05, 0.1) is 18.4 Å². The minimum absolute atomic E-state index is 0.0315. The number of likely N-dealkylation sites (tertiary alicyclic amines) is 1. The van der Waals surface area contributed by atoms with Crippen molar-refractivity contribution in [2.24, 2.45) is 0 Å². The molecule has 0 radical (unpaired) electrons. The van der Waals surface area contributed by atoms with Gasteiger partial charge in [-0.05, 0) is 25.3 Å². The molecule has 6 heteroatoms. The summed E-state index contributed by atoms with van der Waals surface area (Å²) in [4.78, 5) is 33.0. The summed E-state index contributed by atoms with van der Waals surface area (Å²) in [7, 11) is 0. The second kappa shape index (κ2) is 6.16. The summed E-state index contributed by atoms with van der Waals surface area (Å²) in [5.74, 6) is -1.37. The lowest BCUT2D eigenvalue weighted by Crippen LogP contribution is -2.31. The molecule has 23 heavy (non-hydrogen) atoms. The molecule has 0 spiro atoms. The van der Waals surface area contributed by atoms with Crippen molar-refractivity contribution in [1.29, 1.82) is 0 Å². The Bertz CT molecular complexity index is 726. The summed E-state index contributed by atoms with van der Waals surface area (Å²) in [5, 5.41) is 8.84. The van der Waals surface area contributed by atoms with Crippen molar-refractivity contribution in [3.63, 3.8) is 0 Å². The molecule has 1 aromatic heterocycles. The lowest BCUT2D eigenvalue weighted by atomic mass is 10.0. The van der Waals surface area contributed by atoms with Crippen LogP contribution in [0.1, 0.15) is 51.0 Å². The maximum atomic E-state index is 12.7. The number of nitrogens with zero attached hydrogens (tertiary/aromatic N) is 3. The van der Waals surface area contributed by atoms with Crippen LogP contribution in [0.4, 0.5) is 0 Å². The Morgan fingerprint density at radius 3 is 2.39 bits per heavy atom. The molecule has 118 valence electrons. The van der Waals surface area contributed by atoms with Crippen LogP contribution in [-0.4, -0.2) is 38.4 Å². The molecule has 1 N–H and O–H groups in total. The number of aromatic nitrogens is 2.